The molecule has 2 amide bonds. The first-order valence-electron chi connectivity index (χ1n) is 11.9. The Bertz CT molecular complexity index is 817. The number of ether oxygens (including phenoxy) is 1. The standard InChI is InChI=1S/C25H36N2O5/c1-3-7-19-14-32-15-22(29)23(19)27-25(31)20(13-17-8-5-4-6-9-17)26-24(30)18-10-11-21(28)16(2)12-18/h10-12,17,19-20,23,28H,3-9,13-15H2,1-2H3,(H,26,30)(H,27,31). The third-order valence-corrected chi connectivity index (χ3v) is 6.73. The minimum absolute atomic E-state index is 0.0115. The largest absolute Gasteiger partial charge is 0.508 e. The Hall–Kier alpha value is -2.41. The number of hydrogen-bond donors (Lipinski definition) is 3. The van der Waals surface area contributed by atoms with E-state index in [1.165, 1.54) is 12.5 Å². The van der Waals surface area contributed by atoms with Crippen LogP contribution in [0, 0.1) is 18.8 Å². The van der Waals surface area contributed by atoms with Gasteiger partial charge in [0.25, 0.3) is 5.91 Å². The van der Waals surface area contributed by atoms with Gasteiger partial charge in [-0.3, -0.25) is 14.4 Å². The third-order valence-electron chi connectivity index (χ3n) is 6.73. The summed E-state index contributed by atoms with van der Waals surface area (Å²) in [4.78, 5) is 38.7. The summed E-state index contributed by atoms with van der Waals surface area (Å²) < 4.78 is 5.39. The third kappa shape index (κ3) is 6.31. The maximum absolute atomic E-state index is 13.3. The van der Waals surface area contributed by atoms with Crippen LogP contribution in [0.2, 0.25) is 0 Å². The Morgan fingerprint density at radius 3 is 2.66 bits per heavy atom. The van der Waals surface area contributed by atoms with Gasteiger partial charge in [0.15, 0.2) is 5.78 Å². The van der Waals surface area contributed by atoms with Gasteiger partial charge in [0.05, 0.1) is 12.6 Å². The fourth-order valence-corrected chi connectivity index (χ4v) is 4.86. The lowest BCUT2D eigenvalue weighted by molar-refractivity contribution is -0.138. The van der Waals surface area contributed by atoms with E-state index < -0.39 is 12.1 Å². The molecule has 0 radical (unpaired) electrons. The second-order valence-corrected chi connectivity index (χ2v) is 9.28. The van der Waals surface area contributed by atoms with Crippen LogP contribution in [0.25, 0.3) is 0 Å². The van der Waals surface area contributed by atoms with Crippen LogP contribution in [0.5, 0.6) is 5.75 Å². The van der Waals surface area contributed by atoms with Crippen molar-refractivity contribution in [2.24, 2.45) is 11.8 Å². The summed E-state index contributed by atoms with van der Waals surface area (Å²) >= 11 is 0. The number of phenolic OH excluding ortho intramolecular Hbond substituents is 1. The summed E-state index contributed by atoms with van der Waals surface area (Å²) in [7, 11) is 0. The Kier molecular flexibility index (Phi) is 8.67. The SMILES string of the molecule is CCCC1COCC(=O)C1NC(=O)C(CC1CCCCC1)NC(=O)c1ccc(O)c(C)c1. The predicted octanol–water partition coefficient (Wildman–Crippen LogP) is 3.27. The van der Waals surface area contributed by atoms with E-state index in [-0.39, 0.29) is 35.9 Å². The van der Waals surface area contributed by atoms with Crippen LogP contribution in [0.1, 0.15) is 74.2 Å². The maximum atomic E-state index is 13.3. The van der Waals surface area contributed by atoms with Crippen LogP contribution >= 0.6 is 0 Å². The van der Waals surface area contributed by atoms with Crippen molar-refractivity contribution in [3.05, 3.63) is 29.3 Å². The van der Waals surface area contributed by atoms with E-state index in [9.17, 15) is 19.5 Å². The zero-order valence-corrected chi connectivity index (χ0v) is 19.2. The van der Waals surface area contributed by atoms with Crippen molar-refractivity contribution in [2.75, 3.05) is 13.2 Å². The first-order valence-corrected chi connectivity index (χ1v) is 11.9. The van der Waals surface area contributed by atoms with Crippen LogP contribution < -0.4 is 10.6 Å². The number of phenols is 1. The Balaban J connectivity index is 1.74. The molecule has 3 N–H and O–H groups in total. The fourth-order valence-electron chi connectivity index (χ4n) is 4.86. The number of nitrogens with one attached hydrogen (secondary N) is 2. The number of rotatable bonds is 8. The monoisotopic (exact) mass is 444 g/mol. The normalized spacial score (nSPS) is 22.9. The van der Waals surface area contributed by atoms with Crippen molar-refractivity contribution in [1.82, 2.24) is 10.6 Å². The molecule has 1 aliphatic heterocycles. The minimum Gasteiger partial charge on any atom is -0.508 e. The van der Waals surface area contributed by atoms with E-state index in [2.05, 4.69) is 10.6 Å². The number of ketones is 1. The molecule has 3 atom stereocenters. The second kappa shape index (κ2) is 11.5. The smallest absolute Gasteiger partial charge is 0.251 e. The molecule has 1 saturated heterocycles. The molecular formula is C25H36N2O5. The van der Waals surface area contributed by atoms with Crippen LogP contribution in [-0.4, -0.2) is 48.0 Å². The topological polar surface area (TPSA) is 105 Å². The highest BCUT2D eigenvalue weighted by atomic mass is 16.5. The first kappa shape index (κ1) is 24.2. The molecule has 3 unspecified atom stereocenters. The molecule has 7 heteroatoms. The van der Waals surface area contributed by atoms with Crippen molar-refractivity contribution >= 4 is 17.6 Å². The van der Waals surface area contributed by atoms with Crippen molar-refractivity contribution in [2.45, 2.75) is 77.3 Å². The first-order chi connectivity index (χ1) is 15.4. The van der Waals surface area contributed by atoms with E-state index in [1.54, 1.807) is 19.1 Å². The zero-order chi connectivity index (χ0) is 23.1. The number of carbonyl (C=O) groups excluding carboxylic acids is 3. The second-order valence-electron chi connectivity index (χ2n) is 9.28. The summed E-state index contributed by atoms with van der Waals surface area (Å²) in [6, 6.07) is 3.36. The van der Waals surface area contributed by atoms with Crippen LogP contribution in [0.4, 0.5) is 0 Å². The lowest BCUT2D eigenvalue weighted by Gasteiger charge is -2.33. The lowest BCUT2D eigenvalue weighted by Crippen LogP contribution is -2.57. The molecule has 0 aromatic heterocycles. The van der Waals surface area contributed by atoms with Gasteiger partial charge in [0, 0.05) is 11.5 Å². The van der Waals surface area contributed by atoms with Crippen molar-refractivity contribution in [3.8, 4) is 5.75 Å². The Morgan fingerprint density at radius 1 is 1.22 bits per heavy atom. The van der Waals surface area contributed by atoms with E-state index >= 15 is 0 Å². The fraction of sp³-hybridized carbons (Fsp3) is 0.640. The average molecular weight is 445 g/mol. The maximum Gasteiger partial charge on any atom is 0.251 e. The van der Waals surface area contributed by atoms with Gasteiger partial charge < -0.3 is 20.5 Å². The molecule has 2 aliphatic rings. The van der Waals surface area contributed by atoms with E-state index in [4.69, 9.17) is 4.74 Å². The van der Waals surface area contributed by atoms with Crippen LogP contribution in [0.15, 0.2) is 18.2 Å². The van der Waals surface area contributed by atoms with Crippen molar-refractivity contribution in [1.29, 1.82) is 0 Å². The quantitative estimate of drug-likeness (QED) is 0.571. The molecule has 1 heterocycles. The highest BCUT2D eigenvalue weighted by Crippen LogP contribution is 2.28. The van der Waals surface area contributed by atoms with Gasteiger partial charge in [-0.2, -0.15) is 0 Å². The molecule has 1 aromatic carbocycles. The molecule has 1 saturated carbocycles. The molecule has 1 aliphatic carbocycles. The lowest BCUT2D eigenvalue weighted by atomic mass is 9.84. The Morgan fingerprint density at radius 2 is 1.97 bits per heavy atom. The summed E-state index contributed by atoms with van der Waals surface area (Å²) in [5, 5.41) is 15.6. The summed E-state index contributed by atoms with van der Waals surface area (Å²) in [6.07, 6.45) is 7.84. The van der Waals surface area contributed by atoms with Gasteiger partial charge in [-0.1, -0.05) is 45.4 Å². The van der Waals surface area contributed by atoms with Gasteiger partial charge in [-0.25, -0.2) is 0 Å². The number of aromatic hydroxyl groups is 1. The molecule has 0 bridgehead atoms. The van der Waals surface area contributed by atoms with Gasteiger partial charge >= 0.3 is 0 Å². The predicted molar refractivity (Wildman–Crippen MR) is 121 cm³/mol. The summed E-state index contributed by atoms with van der Waals surface area (Å²) in [5.41, 5.74) is 0.994. The number of amides is 2. The number of carbonyl (C=O) groups is 3. The molecule has 2 fully saturated rings. The zero-order valence-electron chi connectivity index (χ0n) is 19.2. The highest BCUT2D eigenvalue weighted by Gasteiger charge is 2.35. The van der Waals surface area contributed by atoms with Crippen molar-refractivity contribution in [3.63, 3.8) is 0 Å². The molecule has 7 nitrogen and oxygen atoms in total. The van der Waals surface area contributed by atoms with E-state index in [1.807, 2.05) is 6.92 Å². The minimum atomic E-state index is -0.711. The van der Waals surface area contributed by atoms with Crippen molar-refractivity contribution < 1.29 is 24.2 Å². The summed E-state index contributed by atoms with van der Waals surface area (Å²) in [6.45, 7) is 4.24. The molecule has 32 heavy (non-hydrogen) atoms. The molecular weight excluding hydrogens is 408 g/mol. The van der Waals surface area contributed by atoms with E-state index in [0.717, 1.165) is 38.5 Å². The van der Waals surface area contributed by atoms with Gasteiger partial charge in [-0.15, -0.1) is 0 Å². The Labute approximate surface area is 190 Å². The van der Waals surface area contributed by atoms with E-state index in [0.29, 0.717) is 30.1 Å². The van der Waals surface area contributed by atoms with Gasteiger partial charge in [-0.05, 0) is 49.4 Å². The molecule has 176 valence electrons. The molecule has 3 rings (SSSR count). The molecule has 1 aromatic rings. The van der Waals surface area contributed by atoms with Gasteiger partial charge in [0.2, 0.25) is 5.91 Å². The van der Waals surface area contributed by atoms with Crippen LogP contribution in [-0.2, 0) is 14.3 Å². The average Bonchev–Trinajstić information content (AvgIpc) is 2.78. The number of Topliss-reactive ketones (excluding diaryl/α,β-unsaturated/α-hetero) is 1. The van der Waals surface area contributed by atoms with Gasteiger partial charge in [0.1, 0.15) is 18.4 Å². The number of hydrogen-bond acceptors (Lipinski definition) is 5. The number of aryl methyl sites for hydroxylation is 1. The summed E-state index contributed by atoms with van der Waals surface area (Å²) in [5.74, 6) is -0.319. The molecule has 0 spiro atoms. The van der Waals surface area contributed by atoms with Crippen LogP contribution in [0.3, 0.4) is 0 Å². The highest BCUT2D eigenvalue weighted by molar-refractivity contribution is 5.99. The number of benzene rings is 1.